The predicted molar refractivity (Wildman–Crippen MR) is 119 cm³/mol. The van der Waals surface area contributed by atoms with Gasteiger partial charge in [-0.05, 0) is 55.9 Å². The Morgan fingerprint density at radius 1 is 1.19 bits per heavy atom. The number of piperidine rings is 1. The summed E-state index contributed by atoms with van der Waals surface area (Å²) in [6.07, 6.45) is 5.64. The minimum Gasteiger partial charge on any atom is -0.375 e. The van der Waals surface area contributed by atoms with Gasteiger partial charge < -0.3 is 19.4 Å². The number of rotatable bonds is 6. The Bertz CT molecular complexity index is 992. The number of carbonyl (C=O) groups is 1. The third-order valence-corrected chi connectivity index (χ3v) is 6.84. The van der Waals surface area contributed by atoms with Crippen LogP contribution in [-0.2, 0) is 16.1 Å². The number of para-hydroxylation sites is 1. The van der Waals surface area contributed by atoms with Gasteiger partial charge in [-0.1, -0.05) is 24.3 Å². The number of H-pyrrole nitrogens is 1. The second kappa shape index (κ2) is 8.81. The Hall–Kier alpha value is -2.70. The average Bonchev–Trinajstić information content (AvgIpc) is 3.42. The fraction of sp³-hybridized carbons (Fsp3) is 0.440. The van der Waals surface area contributed by atoms with Crippen molar-refractivity contribution in [1.82, 2.24) is 14.9 Å². The molecule has 2 aromatic heterocycles. The molecule has 1 spiro atoms. The quantitative estimate of drug-likeness (QED) is 0.609. The van der Waals surface area contributed by atoms with Crippen molar-refractivity contribution in [1.29, 1.82) is 0 Å². The molecule has 1 N–H and O–H groups in total. The van der Waals surface area contributed by atoms with E-state index in [-0.39, 0.29) is 11.5 Å². The summed E-state index contributed by atoms with van der Waals surface area (Å²) < 4.78 is 12.2. The second-order valence-corrected chi connectivity index (χ2v) is 8.62. The molecule has 3 aromatic rings. The highest BCUT2D eigenvalue weighted by atomic mass is 16.5. The molecule has 6 heteroatoms. The smallest absolute Gasteiger partial charge is 0.270 e. The standard InChI is InChI=1S/C25H29N3O3/c29-24(23-17-19-5-1-2-7-22(19)27-23)28-13-10-25(11-14-28)20(9-16-31-25)8-15-30-18-21-6-3-4-12-26-21/h1-7,12,17,20,27H,8-11,13-16,18H2/t20-/m0/s1. The van der Waals surface area contributed by atoms with Crippen molar-refractivity contribution in [3.8, 4) is 0 Å². The molecule has 0 radical (unpaired) electrons. The molecule has 5 rings (SSSR count). The van der Waals surface area contributed by atoms with Crippen LogP contribution in [-0.4, -0.2) is 52.7 Å². The minimum atomic E-state index is -0.106. The lowest BCUT2D eigenvalue weighted by Crippen LogP contribution is -2.49. The van der Waals surface area contributed by atoms with Crippen molar-refractivity contribution >= 4 is 16.8 Å². The lowest BCUT2D eigenvalue weighted by molar-refractivity contribution is -0.0676. The fourth-order valence-electron chi connectivity index (χ4n) is 5.08. The maximum atomic E-state index is 13.0. The van der Waals surface area contributed by atoms with Crippen LogP contribution in [0.25, 0.3) is 10.9 Å². The Kier molecular flexibility index (Phi) is 5.74. The average molecular weight is 420 g/mol. The Morgan fingerprint density at radius 3 is 2.84 bits per heavy atom. The number of nitrogens with zero attached hydrogens (tertiary/aromatic N) is 2. The molecular weight excluding hydrogens is 390 g/mol. The van der Waals surface area contributed by atoms with Crippen molar-refractivity contribution in [2.24, 2.45) is 5.92 Å². The zero-order valence-corrected chi connectivity index (χ0v) is 17.8. The highest BCUT2D eigenvalue weighted by Crippen LogP contribution is 2.42. The molecule has 1 amide bonds. The van der Waals surface area contributed by atoms with E-state index in [2.05, 4.69) is 9.97 Å². The van der Waals surface area contributed by atoms with Crippen LogP contribution >= 0.6 is 0 Å². The van der Waals surface area contributed by atoms with E-state index in [1.54, 1.807) is 6.20 Å². The van der Waals surface area contributed by atoms with Crippen LogP contribution in [0.5, 0.6) is 0 Å². The highest BCUT2D eigenvalue weighted by Gasteiger charge is 2.46. The van der Waals surface area contributed by atoms with Crippen LogP contribution in [0.1, 0.15) is 41.9 Å². The SMILES string of the molecule is O=C(c1cc2ccccc2[nH]1)N1CCC2(CC1)OCC[C@@H]2CCOCc1ccccn1. The largest absolute Gasteiger partial charge is 0.375 e. The summed E-state index contributed by atoms with van der Waals surface area (Å²) in [7, 11) is 0. The summed E-state index contributed by atoms with van der Waals surface area (Å²) in [5, 5.41) is 1.07. The van der Waals surface area contributed by atoms with E-state index >= 15 is 0 Å². The topological polar surface area (TPSA) is 67.5 Å². The lowest BCUT2D eigenvalue weighted by Gasteiger charge is -2.42. The first kappa shape index (κ1) is 20.2. The summed E-state index contributed by atoms with van der Waals surface area (Å²) in [6, 6.07) is 15.8. The molecule has 2 saturated heterocycles. The molecule has 6 nitrogen and oxygen atoms in total. The van der Waals surface area contributed by atoms with E-state index in [0.717, 1.165) is 62.0 Å². The summed E-state index contributed by atoms with van der Waals surface area (Å²) in [6.45, 7) is 3.54. The number of likely N-dealkylation sites (tertiary alicyclic amines) is 1. The molecule has 0 unspecified atom stereocenters. The summed E-state index contributed by atoms with van der Waals surface area (Å²) in [4.78, 5) is 22.6. The molecule has 1 aromatic carbocycles. The monoisotopic (exact) mass is 419 g/mol. The predicted octanol–water partition coefficient (Wildman–Crippen LogP) is 4.18. The van der Waals surface area contributed by atoms with Gasteiger partial charge in [0.15, 0.2) is 0 Å². The molecule has 2 fully saturated rings. The maximum absolute atomic E-state index is 13.0. The van der Waals surface area contributed by atoms with Gasteiger partial charge in [-0.3, -0.25) is 9.78 Å². The Labute approximate surface area is 182 Å². The summed E-state index contributed by atoms with van der Waals surface area (Å²) >= 11 is 0. The second-order valence-electron chi connectivity index (χ2n) is 8.62. The van der Waals surface area contributed by atoms with E-state index < -0.39 is 0 Å². The van der Waals surface area contributed by atoms with Crippen LogP contribution in [0.3, 0.4) is 0 Å². The zero-order chi connectivity index (χ0) is 21.1. The van der Waals surface area contributed by atoms with Crippen molar-refractivity contribution in [2.45, 2.75) is 37.9 Å². The number of fused-ring (bicyclic) bond motifs is 1. The number of ether oxygens (including phenoxy) is 2. The fourth-order valence-corrected chi connectivity index (χ4v) is 5.08. The van der Waals surface area contributed by atoms with Gasteiger partial charge >= 0.3 is 0 Å². The van der Waals surface area contributed by atoms with Crippen LogP contribution in [0.15, 0.2) is 54.7 Å². The van der Waals surface area contributed by atoms with Gasteiger partial charge in [0.05, 0.1) is 17.9 Å². The van der Waals surface area contributed by atoms with E-state index in [1.807, 2.05) is 53.4 Å². The van der Waals surface area contributed by atoms with Gasteiger partial charge in [0.1, 0.15) is 5.69 Å². The van der Waals surface area contributed by atoms with Gasteiger partial charge in [0, 0.05) is 43.4 Å². The van der Waals surface area contributed by atoms with Crippen molar-refractivity contribution in [3.05, 3.63) is 66.1 Å². The minimum absolute atomic E-state index is 0.0827. The molecule has 1 atom stereocenters. The van der Waals surface area contributed by atoms with Crippen molar-refractivity contribution in [3.63, 3.8) is 0 Å². The molecule has 31 heavy (non-hydrogen) atoms. The van der Waals surface area contributed by atoms with Gasteiger partial charge in [0.25, 0.3) is 5.91 Å². The molecule has 0 bridgehead atoms. The molecule has 2 aliphatic heterocycles. The van der Waals surface area contributed by atoms with E-state index in [9.17, 15) is 4.79 Å². The highest BCUT2D eigenvalue weighted by molar-refractivity contribution is 5.98. The van der Waals surface area contributed by atoms with Crippen LogP contribution < -0.4 is 0 Å². The zero-order valence-electron chi connectivity index (χ0n) is 17.8. The third-order valence-electron chi connectivity index (χ3n) is 6.84. The van der Waals surface area contributed by atoms with E-state index in [4.69, 9.17) is 9.47 Å². The third kappa shape index (κ3) is 4.23. The van der Waals surface area contributed by atoms with Gasteiger partial charge in [-0.2, -0.15) is 0 Å². The van der Waals surface area contributed by atoms with Gasteiger partial charge in [0.2, 0.25) is 0 Å². The number of amides is 1. The number of pyridine rings is 1. The maximum Gasteiger partial charge on any atom is 0.270 e. The Balaban J connectivity index is 1.15. The van der Waals surface area contributed by atoms with Crippen molar-refractivity contribution < 1.29 is 14.3 Å². The number of hydrogen-bond acceptors (Lipinski definition) is 4. The molecule has 0 saturated carbocycles. The number of hydrogen-bond donors (Lipinski definition) is 1. The number of nitrogens with one attached hydrogen (secondary N) is 1. The van der Waals surface area contributed by atoms with Crippen LogP contribution in [0, 0.1) is 5.92 Å². The summed E-state index contributed by atoms with van der Waals surface area (Å²) in [5.41, 5.74) is 2.53. The first-order chi connectivity index (χ1) is 15.2. The van der Waals surface area contributed by atoms with Gasteiger partial charge in [-0.25, -0.2) is 0 Å². The molecular formula is C25H29N3O3. The molecule has 4 heterocycles. The van der Waals surface area contributed by atoms with Crippen LogP contribution in [0.4, 0.5) is 0 Å². The van der Waals surface area contributed by atoms with Crippen LogP contribution in [0.2, 0.25) is 0 Å². The number of aromatic nitrogens is 2. The molecule has 2 aliphatic rings. The lowest BCUT2D eigenvalue weighted by atomic mass is 9.78. The van der Waals surface area contributed by atoms with Crippen molar-refractivity contribution in [2.75, 3.05) is 26.3 Å². The molecule has 0 aliphatic carbocycles. The number of benzene rings is 1. The molecule has 162 valence electrons. The normalized spacial score (nSPS) is 20.5. The summed E-state index contributed by atoms with van der Waals surface area (Å²) in [5.74, 6) is 0.570. The number of aromatic amines is 1. The van der Waals surface area contributed by atoms with Gasteiger partial charge in [-0.15, -0.1) is 0 Å². The van der Waals surface area contributed by atoms with E-state index in [0.29, 0.717) is 24.8 Å². The van der Waals surface area contributed by atoms with E-state index in [1.165, 1.54) is 0 Å². The first-order valence-corrected chi connectivity index (χ1v) is 11.2. The first-order valence-electron chi connectivity index (χ1n) is 11.2. The number of carbonyl (C=O) groups excluding carboxylic acids is 1. The Morgan fingerprint density at radius 2 is 2.03 bits per heavy atom.